The monoisotopic (exact) mass is 480 g/mol. The zero-order chi connectivity index (χ0) is 22.5. The first-order valence-corrected chi connectivity index (χ1v) is 13.8. The highest BCUT2D eigenvalue weighted by molar-refractivity contribution is 7.89. The number of hydrogen-bond donors (Lipinski definition) is 2. The van der Waals surface area contributed by atoms with Gasteiger partial charge in [-0.3, -0.25) is 4.79 Å². The Kier molecular flexibility index (Phi) is 6.06. The largest absolute Gasteiger partial charge is 0.377 e. The van der Waals surface area contributed by atoms with Crippen LogP contribution in [-0.4, -0.2) is 39.6 Å². The van der Waals surface area contributed by atoms with Crippen LogP contribution in [0.3, 0.4) is 0 Å². The van der Waals surface area contributed by atoms with Crippen molar-refractivity contribution in [2.75, 3.05) is 13.2 Å². The highest BCUT2D eigenvalue weighted by Crippen LogP contribution is 2.61. The fourth-order valence-electron chi connectivity index (χ4n) is 7.08. The Morgan fingerprint density at radius 3 is 2.44 bits per heavy atom. The maximum atomic E-state index is 13.1. The molecule has 2 atom stereocenters. The lowest BCUT2D eigenvalue weighted by Gasteiger charge is -2.59. The first kappa shape index (κ1) is 22.6. The summed E-state index contributed by atoms with van der Waals surface area (Å²) in [6.07, 6.45) is 9.34. The molecule has 2 unspecified atom stereocenters. The highest BCUT2D eigenvalue weighted by atomic mass is 35.5. The second kappa shape index (κ2) is 8.57. The first-order valence-electron chi connectivity index (χ1n) is 12.0. The molecule has 4 bridgehead atoms. The SMILES string of the molecule is CC(NC(=O)c1ccc(Cl)c(S(=O)(=O)NCC2CCCO2)c1)C12CC3CC(CC(C3)C1)C2. The summed E-state index contributed by atoms with van der Waals surface area (Å²) in [4.78, 5) is 13.1. The maximum absolute atomic E-state index is 13.1. The van der Waals surface area contributed by atoms with Crippen LogP contribution in [-0.2, 0) is 14.8 Å². The van der Waals surface area contributed by atoms with Crippen molar-refractivity contribution in [1.29, 1.82) is 0 Å². The minimum Gasteiger partial charge on any atom is -0.377 e. The molecule has 0 radical (unpaired) electrons. The molecule has 5 aliphatic rings. The Morgan fingerprint density at radius 2 is 1.84 bits per heavy atom. The van der Waals surface area contributed by atoms with E-state index in [9.17, 15) is 13.2 Å². The lowest BCUT2D eigenvalue weighted by molar-refractivity contribution is -0.0688. The molecule has 6 rings (SSSR count). The van der Waals surface area contributed by atoms with Gasteiger partial charge in [0.25, 0.3) is 5.91 Å². The molecule has 1 heterocycles. The van der Waals surface area contributed by atoms with E-state index < -0.39 is 10.0 Å². The number of sulfonamides is 1. The summed E-state index contributed by atoms with van der Waals surface area (Å²) < 4.78 is 33.8. The number of rotatable bonds is 7. The third kappa shape index (κ3) is 4.33. The molecule has 1 aromatic carbocycles. The van der Waals surface area contributed by atoms with Gasteiger partial charge in [-0.1, -0.05) is 11.6 Å². The Labute approximate surface area is 195 Å². The van der Waals surface area contributed by atoms with Gasteiger partial charge in [-0.2, -0.15) is 0 Å². The molecule has 5 fully saturated rings. The molecule has 0 spiro atoms. The molecular weight excluding hydrogens is 448 g/mol. The Morgan fingerprint density at radius 1 is 1.19 bits per heavy atom. The molecule has 4 aliphatic carbocycles. The van der Waals surface area contributed by atoms with Crippen molar-refractivity contribution in [3.63, 3.8) is 0 Å². The summed E-state index contributed by atoms with van der Waals surface area (Å²) in [5.41, 5.74) is 0.512. The fourth-order valence-corrected chi connectivity index (χ4v) is 8.67. The smallest absolute Gasteiger partial charge is 0.251 e. The van der Waals surface area contributed by atoms with E-state index in [1.807, 2.05) is 0 Å². The van der Waals surface area contributed by atoms with Gasteiger partial charge in [-0.05, 0) is 99.7 Å². The first-order chi connectivity index (χ1) is 15.2. The number of benzene rings is 1. The lowest BCUT2D eigenvalue weighted by atomic mass is 9.48. The number of carbonyl (C=O) groups excluding carboxylic acids is 1. The minimum absolute atomic E-state index is 0.0627. The lowest BCUT2D eigenvalue weighted by Crippen LogP contribution is -2.55. The van der Waals surface area contributed by atoms with Gasteiger partial charge in [0.2, 0.25) is 10.0 Å². The van der Waals surface area contributed by atoms with Crippen LogP contribution >= 0.6 is 11.6 Å². The van der Waals surface area contributed by atoms with Gasteiger partial charge in [-0.15, -0.1) is 0 Å². The number of amides is 1. The number of hydrogen-bond acceptors (Lipinski definition) is 4. The van der Waals surface area contributed by atoms with Crippen LogP contribution in [0.15, 0.2) is 23.1 Å². The molecule has 32 heavy (non-hydrogen) atoms. The van der Waals surface area contributed by atoms with E-state index in [1.54, 1.807) is 6.07 Å². The average molecular weight is 481 g/mol. The third-order valence-corrected chi connectivity index (χ3v) is 10.3. The van der Waals surface area contributed by atoms with Crippen molar-refractivity contribution in [3.05, 3.63) is 28.8 Å². The molecule has 176 valence electrons. The molecule has 6 nitrogen and oxygen atoms in total. The van der Waals surface area contributed by atoms with Crippen LogP contribution in [0, 0.1) is 23.2 Å². The summed E-state index contributed by atoms with van der Waals surface area (Å²) in [6.45, 7) is 2.99. The second-order valence-corrected chi connectivity index (χ2v) is 12.7. The van der Waals surface area contributed by atoms with Crippen molar-refractivity contribution >= 4 is 27.5 Å². The summed E-state index contributed by atoms with van der Waals surface area (Å²) in [5.74, 6) is 2.19. The fraction of sp³-hybridized carbons (Fsp3) is 0.708. The van der Waals surface area contributed by atoms with Crippen LogP contribution < -0.4 is 10.0 Å². The van der Waals surface area contributed by atoms with Crippen LogP contribution in [0.1, 0.15) is 68.6 Å². The molecule has 1 aliphatic heterocycles. The van der Waals surface area contributed by atoms with Gasteiger partial charge in [0.05, 0.1) is 11.1 Å². The van der Waals surface area contributed by atoms with Crippen LogP contribution in [0.2, 0.25) is 5.02 Å². The zero-order valence-electron chi connectivity index (χ0n) is 18.6. The molecule has 0 aromatic heterocycles. The standard InChI is InChI=1S/C24H33ClN2O4S/c1-15(24-11-16-7-17(12-24)9-18(8-16)13-24)27-23(28)19-4-5-21(25)22(10-19)32(29,30)26-14-20-3-2-6-31-20/h4-5,10,15-18,20,26H,2-3,6-9,11-14H2,1H3,(H,27,28). The van der Waals surface area contributed by atoms with E-state index in [2.05, 4.69) is 17.0 Å². The van der Waals surface area contributed by atoms with Crippen LogP contribution in [0.5, 0.6) is 0 Å². The van der Waals surface area contributed by atoms with E-state index in [0.717, 1.165) is 30.6 Å². The van der Waals surface area contributed by atoms with Crippen molar-refractivity contribution in [1.82, 2.24) is 10.0 Å². The van der Waals surface area contributed by atoms with Crippen molar-refractivity contribution in [2.24, 2.45) is 23.2 Å². The van der Waals surface area contributed by atoms with E-state index in [4.69, 9.17) is 16.3 Å². The number of nitrogens with one attached hydrogen (secondary N) is 2. The Hall–Kier alpha value is -1.15. The third-order valence-electron chi connectivity index (χ3n) is 8.36. The van der Waals surface area contributed by atoms with Gasteiger partial charge in [0, 0.05) is 24.8 Å². The van der Waals surface area contributed by atoms with Crippen molar-refractivity contribution in [3.8, 4) is 0 Å². The number of ether oxygens (including phenoxy) is 1. The van der Waals surface area contributed by atoms with E-state index >= 15 is 0 Å². The van der Waals surface area contributed by atoms with Crippen LogP contribution in [0.4, 0.5) is 0 Å². The summed E-state index contributed by atoms with van der Waals surface area (Å²) in [5, 5.41) is 3.32. The van der Waals surface area contributed by atoms with E-state index in [-0.39, 0.29) is 39.9 Å². The predicted octanol–water partition coefficient (Wildman–Crippen LogP) is 4.13. The quantitative estimate of drug-likeness (QED) is 0.614. The van der Waals surface area contributed by atoms with E-state index in [0.29, 0.717) is 12.2 Å². The summed E-state index contributed by atoms with van der Waals surface area (Å²) >= 11 is 6.22. The number of carbonyl (C=O) groups is 1. The van der Waals surface area contributed by atoms with Gasteiger partial charge >= 0.3 is 0 Å². The van der Waals surface area contributed by atoms with Gasteiger partial charge < -0.3 is 10.1 Å². The van der Waals surface area contributed by atoms with Gasteiger partial charge in [0.15, 0.2) is 0 Å². The maximum Gasteiger partial charge on any atom is 0.251 e. The molecule has 4 saturated carbocycles. The predicted molar refractivity (Wildman–Crippen MR) is 123 cm³/mol. The Bertz CT molecular complexity index is 954. The van der Waals surface area contributed by atoms with Crippen molar-refractivity contribution < 1.29 is 17.9 Å². The average Bonchev–Trinajstić information content (AvgIpc) is 3.25. The second-order valence-electron chi connectivity index (χ2n) is 10.6. The number of halogens is 1. The normalized spacial score (nSPS) is 34.6. The molecule has 1 amide bonds. The summed E-state index contributed by atoms with van der Waals surface area (Å²) in [7, 11) is -3.84. The Balaban J connectivity index is 1.29. The molecule has 2 N–H and O–H groups in total. The minimum atomic E-state index is -3.84. The molecule has 8 heteroatoms. The van der Waals surface area contributed by atoms with Crippen molar-refractivity contribution in [2.45, 2.75) is 75.3 Å². The van der Waals surface area contributed by atoms with Crippen LogP contribution in [0.25, 0.3) is 0 Å². The van der Waals surface area contributed by atoms with E-state index in [1.165, 1.54) is 50.7 Å². The zero-order valence-corrected chi connectivity index (χ0v) is 20.2. The molecule has 1 aromatic rings. The summed E-state index contributed by atoms with van der Waals surface area (Å²) in [6, 6.07) is 4.55. The molecular formula is C24H33ClN2O4S. The topological polar surface area (TPSA) is 84.5 Å². The highest BCUT2D eigenvalue weighted by Gasteiger charge is 2.53. The van der Waals surface area contributed by atoms with Gasteiger partial charge in [0.1, 0.15) is 4.90 Å². The van der Waals surface area contributed by atoms with Gasteiger partial charge in [-0.25, -0.2) is 13.1 Å². The molecule has 1 saturated heterocycles.